The molecule has 0 amide bonds. The minimum Gasteiger partial charge on any atom is -0.486 e. The molecule has 0 bridgehead atoms. The zero-order chi connectivity index (χ0) is 18.0. The summed E-state index contributed by atoms with van der Waals surface area (Å²) in [6, 6.07) is 8.30. The van der Waals surface area contributed by atoms with E-state index in [1.807, 2.05) is 0 Å². The highest BCUT2D eigenvalue weighted by Gasteiger charge is 2.32. The van der Waals surface area contributed by atoms with Gasteiger partial charge in [0.15, 0.2) is 23.2 Å². The van der Waals surface area contributed by atoms with Gasteiger partial charge in [-0.15, -0.1) is 0 Å². The van der Waals surface area contributed by atoms with Crippen molar-refractivity contribution < 1.29 is 27.4 Å². The second kappa shape index (κ2) is 6.43. The van der Waals surface area contributed by atoms with E-state index in [9.17, 15) is 23.2 Å². The molecule has 3 rings (SSSR count). The minimum absolute atomic E-state index is 0.0603. The number of ether oxygens (including phenoxy) is 2. The van der Waals surface area contributed by atoms with Crippen LogP contribution in [0.15, 0.2) is 36.5 Å². The molecule has 128 valence electrons. The lowest BCUT2D eigenvalue weighted by Crippen LogP contribution is -2.20. The van der Waals surface area contributed by atoms with Crippen LogP contribution in [0.4, 0.5) is 13.2 Å². The molecule has 8 heteroatoms. The third-order valence-corrected chi connectivity index (χ3v) is 3.63. The van der Waals surface area contributed by atoms with Gasteiger partial charge in [0, 0.05) is 6.20 Å². The summed E-state index contributed by atoms with van der Waals surface area (Å²) < 4.78 is 48.7. The Morgan fingerprint density at radius 1 is 1.20 bits per heavy atom. The molecule has 0 radical (unpaired) electrons. The van der Waals surface area contributed by atoms with E-state index >= 15 is 0 Å². The van der Waals surface area contributed by atoms with Crippen molar-refractivity contribution in [3.05, 3.63) is 53.3 Å². The molecular formula is C17H11F3N2O3. The van der Waals surface area contributed by atoms with Crippen molar-refractivity contribution in [3.8, 4) is 17.6 Å². The number of carbonyl (C=O) groups is 1. The van der Waals surface area contributed by atoms with E-state index in [2.05, 4.69) is 4.98 Å². The number of benzene rings is 1. The van der Waals surface area contributed by atoms with E-state index in [0.717, 1.165) is 12.1 Å². The van der Waals surface area contributed by atoms with E-state index < -0.39 is 23.4 Å². The third-order valence-electron chi connectivity index (χ3n) is 3.63. The zero-order valence-corrected chi connectivity index (χ0v) is 12.7. The maximum atomic E-state index is 12.7. The number of carbonyl (C=O) groups excluding carboxylic acids is 1. The first-order chi connectivity index (χ1) is 11.9. The number of halogens is 3. The molecule has 1 aliphatic heterocycles. The molecule has 0 spiro atoms. The first-order valence-electron chi connectivity index (χ1n) is 7.27. The highest BCUT2D eigenvalue weighted by Crippen LogP contribution is 2.36. The topological polar surface area (TPSA) is 72.2 Å². The number of Topliss-reactive ketones (excluding diaryl/α,β-unsaturated/α-hetero) is 1. The quantitative estimate of drug-likeness (QED) is 0.796. The lowest BCUT2D eigenvalue weighted by molar-refractivity contribution is -0.137. The summed E-state index contributed by atoms with van der Waals surface area (Å²) in [5, 5.41) is 9.34. The predicted octanol–water partition coefficient (Wildman–Crippen LogP) is 3.36. The molecule has 0 aliphatic carbocycles. The number of alkyl halides is 3. The Labute approximate surface area is 140 Å². The van der Waals surface area contributed by atoms with Crippen molar-refractivity contribution in [2.45, 2.75) is 12.1 Å². The van der Waals surface area contributed by atoms with Gasteiger partial charge in [0.05, 0.1) is 22.9 Å². The maximum absolute atomic E-state index is 12.7. The third kappa shape index (κ3) is 3.26. The van der Waals surface area contributed by atoms with Gasteiger partial charge in [0.2, 0.25) is 0 Å². The SMILES string of the molecule is N#CC(C(=O)c1cccc2c1OCCO2)c1ccc(C(F)(F)F)cn1. The number of hydrogen-bond donors (Lipinski definition) is 0. The average Bonchev–Trinajstić information content (AvgIpc) is 2.61. The summed E-state index contributed by atoms with van der Waals surface area (Å²) in [4.78, 5) is 16.3. The number of rotatable bonds is 3. The average molecular weight is 348 g/mol. The van der Waals surface area contributed by atoms with Crippen molar-refractivity contribution in [3.63, 3.8) is 0 Å². The standard InChI is InChI=1S/C17H11F3N2O3/c18-17(19,20)10-4-5-13(22-9-10)12(8-21)15(23)11-2-1-3-14-16(11)25-7-6-24-14/h1-5,9,12H,6-7H2. The summed E-state index contributed by atoms with van der Waals surface area (Å²) >= 11 is 0. The Kier molecular flexibility index (Phi) is 4.31. The fourth-order valence-corrected chi connectivity index (χ4v) is 2.43. The number of para-hydroxylation sites is 1. The van der Waals surface area contributed by atoms with Crippen molar-refractivity contribution in [1.29, 1.82) is 5.26 Å². The Balaban J connectivity index is 1.94. The molecule has 0 N–H and O–H groups in total. The second-order valence-corrected chi connectivity index (χ2v) is 5.23. The number of hydrogen-bond acceptors (Lipinski definition) is 5. The van der Waals surface area contributed by atoms with Crippen molar-refractivity contribution in [2.24, 2.45) is 0 Å². The summed E-state index contributed by atoms with van der Waals surface area (Å²) in [7, 11) is 0. The normalized spacial score (nSPS) is 14.5. The summed E-state index contributed by atoms with van der Waals surface area (Å²) in [6.07, 6.45) is -3.94. The number of ketones is 1. The van der Waals surface area contributed by atoms with Crippen LogP contribution in [0.25, 0.3) is 0 Å². The molecular weight excluding hydrogens is 337 g/mol. The van der Waals surface area contributed by atoms with Gasteiger partial charge in [-0.3, -0.25) is 9.78 Å². The van der Waals surface area contributed by atoms with Crippen LogP contribution in [0.2, 0.25) is 0 Å². The molecule has 1 aromatic carbocycles. The van der Waals surface area contributed by atoms with Crippen LogP contribution in [0, 0.1) is 11.3 Å². The van der Waals surface area contributed by atoms with Gasteiger partial charge in [0.1, 0.15) is 13.2 Å². The molecule has 0 fully saturated rings. The lowest BCUT2D eigenvalue weighted by Gasteiger charge is -2.21. The fraction of sp³-hybridized carbons (Fsp3) is 0.235. The van der Waals surface area contributed by atoms with Crippen LogP contribution in [-0.4, -0.2) is 24.0 Å². The van der Waals surface area contributed by atoms with Crippen molar-refractivity contribution >= 4 is 5.78 Å². The molecule has 25 heavy (non-hydrogen) atoms. The Bertz CT molecular complexity index is 842. The van der Waals surface area contributed by atoms with E-state index in [1.54, 1.807) is 18.2 Å². The number of nitrogens with zero attached hydrogens (tertiary/aromatic N) is 2. The van der Waals surface area contributed by atoms with Crippen LogP contribution in [0.3, 0.4) is 0 Å². The van der Waals surface area contributed by atoms with Crippen LogP contribution >= 0.6 is 0 Å². The highest BCUT2D eigenvalue weighted by molar-refractivity contribution is 6.05. The number of pyridine rings is 1. The molecule has 1 aromatic heterocycles. The fourth-order valence-electron chi connectivity index (χ4n) is 2.43. The number of aromatic nitrogens is 1. The van der Waals surface area contributed by atoms with Crippen molar-refractivity contribution in [2.75, 3.05) is 13.2 Å². The van der Waals surface area contributed by atoms with E-state index in [0.29, 0.717) is 18.6 Å². The highest BCUT2D eigenvalue weighted by atomic mass is 19.4. The molecule has 2 heterocycles. The molecule has 5 nitrogen and oxygen atoms in total. The van der Waals surface area contributed by atoms with Gasteiger partial charge in [-0.1, -0.05) is 6.07 Å². The van der Waals surface area contributed by atoms with Crippen molar-refractivity contribution in [1.82, 2.24) is 4.98 Å². The first-order valence-corrected chi connectivity index (χ1v) is 7.27. The predicted molar refractivity (Wildman–Crippen MR) is 79.4 cm³/mol. The minimum atomic E-state index is -4.54. The van der Waals surface area contributed by atoms with Crippen LogP contribution < -0.4 is 9.47 Å². The van der Waals surface area contributed by atoms with Crippen LogP contribution in [0.5, 0.6) is 11.5 Å². The van der Waals surface area contributed by atoms with E-state index in [1.165, 1.54) is 6.07 Å². The maximum Gasteiger partial charge on any atom is 0.417 e. The van der Waals surface area contributed by atoms with E-state index in [-0.39, 0.29) is 23.6 Å². The largest absolute Gasteiger partial charge is 0.486 e. The molecule has 0 saturated heterocycles. The van der Waals surface area contributed by atoms with Gasteiger partial charge in [0.25, 0.3) is 0 Å². The van der Waals surface area contributed by atoms with Crippen LogP contribution in [-0.2, 0) is 6.18 Å². The Morgan fingerprint density at radius 3 is 2.60 bits per heavy atom. The molecule has 1 atom stereocenters. The summed E-state index contributed by atoms with van der Waals surface area (Å²) in [6.45, 7) is 0.597. The van der Waals surface area contributed by atoms with Gasteiger partial charge in [-0.05, 0) is 24.3 Å². The lowest BCUT2D eigenvalue weighted by atomic mass is 9.94. The zero-order valence-electron chi connectivity index (χ0n) is 12.7. The van der Waals surface area contributed by atoms with Gasteiger partial charge in [-0.2, -0.15) is 18.4 Å². The Morgan fingerprint density at radius 2 is 1.96 bits per heavy atom. The molecule has 2 aromatic rings. The van der Waals surface area contributed by atoms with Crippen LogP contribution in [0.1, 0.15) is 27.5 Å². The monoisotopic (exact) mass is 348 g/mol. The van der Waals surface area contributed by atoms with Gasteiger partial charge < -0.3 is 9.47 Å². The Hall–Kier alpha value is -3.08. The van der Waals surface area contributed by atoms with E-state index in [4.69, 9.17) is 9.47 Å². The molecule has 1 aliphatic rings. The number of nitriles is 1. The summed E-state index contributed by atoms with van der Waals surface area (Å²) in [5.41, 5.74) is -0.880. The second-order valence-electron chi connectivity index (χ2n) is 5.23. The molecule has 1 unspecified atom stereocenters. The van der Waals surface area contributed by atoms with Gasteiger partial charge >= 0.3 is 6.18 Å². The van der Waals surface area contributed by atoms with Gasteiger partial charge in [-0.25, -0.2) is 0 Å². The first kappa shape index (κ1) is 16.8. The summed E-state index contributed by atoms with van der Waals surface area (Å²) in [5.74, 6) is -1.35. The smallest absolute Gasteiger partial charge is 0.417 e. The number of fused-ring (bicyclic) bond motifs is 1. The molecule has 0 saturated carbocycles.